The molecule has 0 aromatic heterocycles. The second kappa shape index (κ2) is 12.5. The topological polar surface area (TPSA) is 63.2 Å². The highest BCUT2D eigenvalue weighted by atomic mass is 16.5. The van der Waals surface area contributed by atoms with Crippen molar-refractivity contribution >= 4 is 12.0 Å². The highest BCUT2D eigenvalue weighted by Gasteiger charge is 2.34. The molecule has 1 aromatic carbocycles. The van der Waals surface area contributed by atoms with Crippen LogP contribution in [0.2, 0.25) is 0 Å². The molecule has 186 valence electrons. The Kier molecular flexibility index (Phi) is 9.99. The Hall–Kier alpha value is -2.99. The number of benzene rings is 1. The van der Waals surface area contributed by atoms with E-state index in [4.69, 9.17) is 23.7 Å². The second-order valence-corrected chi connectivity index (χ2v) is 9.23. The van der Waals surface area contributed by atoms with Crippen molar-refractivity contribution in [2.45, 2.75) is 47.1 Å². The molecule has 0 fully saturated rings. The molecule has 2 rings (SSSR count). The molecule has 34 heavy (non-hydrogen) atoms. The Labute approximate surface area is 203 Å². The van der Waals surface area contributed by atoms with Crippen LogP contribution in [0.1, 0.15) is 45.7 Å². The molecule has 0 amide bonds. The first-order valence-corrected chi connectivity index (χ1v) is 11.4. The number of hydrogen-bond acceptors (Lipinski definition) is 6. The summed E-state index contributed by atoms with van der Waals surface area (Å²) in [6.07, 6.45) is 8.05. The summed E-state index contributed by atoms with van der Waals surface area (Å²) < 4.78 is 27.7. The minimum Gasteiger partial charge on any atom is -0.503 e. The largest absolute Gasteiger partial charge is 0.503 e. The van der Waals surface area contributed by atoms with Gasteiger partial charge >= 0.3 is 5.97 Å². The molecule has 0 N–H and O–H groups in total. The van der Waals surface area contributed by atoms with E-state index in [-0.39, 0.29) is 11.5 Å². The molecule has 0 radical (unpaired) electrons. The molecule has 1 aliphatic rings. The van der Waals surface area contributed by atoms with E-state index in [1.54, 1.807) is 14.0 Å². The fourth-order valence-electron chi connectivity index (χ4n) is 3.75. The second-order valence-electron chi connectivity index (χ2n) is 9.23. The minimum absolute atomic E-state index is 0.00974. The summed E-state index contributed by atoms with van der Waals surface area (Å²) in [5, 5.41) is 0. The molecule has 0 saturated carbocycles. The molecular formula is C28H38O6. The first-order valence-electron chi connectivity index (χ1n) is 11.4. The number of carbonyl (C=O) groups is 1. The van der Waals surface area contributed by atoms with Gasteiger partial charge in [-0.3, -0.25) is 0 Å². The Morgan fingerprint density at radius 3 is 2.50 bits per heavy atom. The maximum atomic E-state index is 12.1. The number of rotatable bonds is 9. The SMILES string of the molecule is CO\C=C(C(=O)OC)/C(C)=C(\C=C\c1ccc2c(c1)CC(C)(C)C(OCC=C(C)C)CO2)OC. The van der Waals surface area contributed by atoms with Crippen molar-refractivity contribution in [1.82, 2.24) is 0 Å². The van der Waals surface area contributed by atoms with E-state index in [2.05, 4.69) is 39.8 Å². The van der Waals surface area contributed by atoms with Gasteiger partial charge in [0.25, 0.3) is 0 Å². The number of allylic oxidation sites excluding steroid dienone is 2. The third-order valence-electron chi connectivity index (χ3n) is 5.84. The fourth-order valence-corrected chi connectivity index (χ4v) is 3.75. The van der Waals surface area contributed by atoms with Crippen LogP contribution in [0.15, 0.2) is 59.1 Å². The quantitative estimate of drug-likeness (QED) is 0.153. The van der Waals surface area contributed by atoms with Crippen molar-refractivity contribution in [3.05, 3.63) is 70.2 Å². The van der Waals surface area contributed by atoms with Crippen LogP contribution in [-0.4, -0.2) is 46.6 Å². The number of esters is 1. The van der Waals surface area contributed by atoms with Gasteiger partial charge in [0.05, 0.1) is 40.3 Å². The molecule has 1 unspecified atom stereocenters. The van der Waals surface area contributed by atoms with Crippen LogP contribution >= 0.6 is 0 Å². The number of fused-ring (bicyclic) bond motifs is 1. The van der Waals surface area contributed by atoms with E-state index in [0.717, 1.165) is 23.3 Å². The average Bonchev–Trinajstić information content (AvgIpc) is 2.91. The van der Waals surface area contributed by atoms with Gasteiger partial charge in [0.2, 0.25) is 0 Å². The Morgan fingerprint density at radius 1 is 1.15 bits per heavy atom. The van der Waals surface area contributed by atoms with E-state index in [9.17, 15) is 4.79 Å². The van der Waals surface area contributed by atoms with Crippen LogP contribution in [0, 0.1) is 5.41 Å². The molecule has 0 aliphatic carbocycles. The van der Waals surface area contributed by atoms with Gasteiger partial charge in [-0.1, -0.05) is 37.6 Å². The summed E-state index contributed by atoms with van der Waals surface area (Å²) >= 11 is 0. The minimum atomic E-state index is -0.493. The Morgan fingerprint density at radius 2 is 1.88 bits per heavy atom. The van der Waals surface area contributed by atoms with E-state index >= 15 is 0 Å². The highest BCUT2D eigenvalue weighted by Crippen LogP contribution is 2.36. The van der Waals surface area contributed by atoms with Crippen LogP contribution in [0.4, 0.5) is 0 Å². The third-order valence-corrected chi connectivity index (χ3v) is 5.84. The maximum Gasteiger partial charge on any atom is 0.341 e. The van der Waals surface area contributed by atoms with Gasteiger partial charge in [-0.2, -0.15) is 0 Å². The van der Waals surface area contributed by atoms with Crippen molar-refractivity contribution in [2.24, 2.45) is 5.41 Å². The van der Waals surface area contributed by atoms with Gasteiger partial charge in [0.15, 0.2) is 0 Å². The first kappa shape index (κ1) is 27.3. The van der Waals surface area contributed by atoms with E-state index in [1.807, 2.05) is 24.3 Å². The van der Waals surface area contributed by atoms with Gasteiger partial charge < -0.3 is 23.7 Å². The standard InChI is InChI=1S/C28H38O6/c1-19(2)13-14-33-26-18-34-25-12-10-21(15-22(25)16-28(26,4)5)9-11-24(31-7)20(3)23(17-30-6)27(29)32-8/h9-13,15,17,26H,14,16,18H2,1-8H3/b11-9+,23-17+,24-20+. The van der Waals surface area contributed by atoms with Gasteiger partial charge in [0, 0.05) is 5.57 Å². The molecule has 1 heterocycles. The van der Waals surface area contributed by atoms with Crippen LogP contribution in [0.5, 0.6) is 5.75 Å². The van der Waals surface area contributed by atoms with Gasteiger partial charge in [-0.05, 0) is 61.9 Å². The lowest BCUT2D eigenvalue weighted by Crippen LogP contribution is -2.37. The first-order chi connectivity index (χ1) is 16.1. The maximum absolute atomic E-state index is 12.1. The summed E-state index contributed by atoms with van der Waals surface area (Å²) in [5.74, 6) is 0.925. The number of carbonyl (C=O) groups excluding carboxylic acids is 1. The Bertz CT molecular complexity index is 977. The zero-order chi connectivity index (χ0) is 25.3. The lowest BCUT2D eigenvalue weighted by Gasteiger charge is -2.31. The van der Waals surface area contributed by atoms with Gasteiger partial charge in [-0.15, -0.1) is 0 Å². The lowest BCUT2D eigenvalue weighted by molar-refractivity contribution is -0.136. The monoisotopic (exact) mass is 470 g/mol. The van der Waals surface area contributed by atoms with Crippen molar-refractivity contribution in [3.8, 4) is 5.75 Å². The molecule has 1 aromatic rings. The Balaban J connectivity index is 2.28. The predicted molar refractivity (Wildman–Crippen MR) is 134 cm³/mol. The molecule has 1 aliphatic heterocycles. The predicted octanol–water partition coefficient (Wildman–Crippen LogP) is 5.64. The zero-order valence-electron chi connectivity index (χ0n) is 21.7. The van der Waals surface area contributed by atoms with Crippen molar-refractivity contribution in [1.29, 1.82) is 0 Å². The molecule has 6 heteroatoms. The fraction of sp³-hybridized carbons (Fsp3) is 0.464. The van der Waals surface area contributed by atoms with Gasteiger partial charge in [0.1, 0.15) is 23.7 Å². The summed E-state index contributed by atoms with van der Waals surface area (Å²) in [6.45, 7) is 11.5. The molecular weight excluding hydrogens is 432 g/mol. The van der Waals surface area contributed by atoms with E-state index < -0.39 is 5.97 Å². The summed E-state index contributed by atoms with van der Waals surface area (Å²) in [7, 11) is 4.38. The highest BCUT2D eigenvalue weighted by molar-refractivity contribution is 5.93. The molecule has 0 saturated heterocycles. The third kappa shape index (κ3) is 7.26. The molecule has 1 atom stereocenters. The van der Waals surface area contributed by atoms with Crippen molar-refractivity contribution in [2.75, 3.05) is 34.5 Å². The zero-order valence-corrected chi connectivity index (χ0v) is 21.7. The van der Waals surface area contributed by atoms with E-state index in [0.29, 0.717) is 30.1 Å². The summed E-state index contributed by atoms with van der Waals surface area (Å²) in [5.41, 5.74) is 4.20. The number of hydrogen-bond donors (Lipinski definition) is 0. The van der Waals surface area contributed by atoms with Crippen LogP contribution in [0.25, 0.3) is 6.08 Å². The number of methoxy groups -OCH3 is 3. The van der Waals surface area contributed by atoms with Crippen LogP contribution in [-0.2, 0) is 30.2 Å². The van der Waals surface area contributed by atoms with Gasteiger partial charge in [-0.25, -0.2) is 4.79 Å². The smallest absolute Gasteiger partial charge is 0.341 e. The lowest BCUT2D eigenvalue weighted by atomic mass is 9.81. The summed E-state index contributed by atoms with van der Waals surface area (Å²) in [4.78, 5) is 12.1. The van der Waals surface area contributed by atoms with Crippen molar-refractivity contribution in [3.63, 3.8) is 0 Å². The van der Waals surface area contributed by atoms with Crippen molar-refractivity contribution < 1.29 is 28.5 Å². The number of ether oxygens (including phenoxy) is 5. The average molecular weight is 471 g/mol. The normalized spacial score (nSPS) is 18.2. The molecule has 0 spiro atoms. The summed E-state index contributed by atoms with van der Waals surface area (Å²) in [6, 6.07) is 6.12. The van der Waals surface area contributed by atoms with Crippen LogP contribution in [0.3, 0.4) is 0 Å². The van der Waals surface area contributed by atoms with Crippen LogP contribution < -0.4 is 4.74 Å². The molecule has 6 nitrogen and oxygen atoms in total. The van der Waals surface area contributed by atoms with E-state index in [1.165, 1.54) is 26.1 Å². The molecule has 0 bridgehead atoms.